The summed E-state index contributed by atoms with van der Waals surface area (Å²) in [6.07, 6.45) is 0.0604. The lowest BCUT2D eigenvalue weighted by molar-refractivity contribution is -0.144. The predicted molar refractivity (Wildman–Crippen MR) is 142 cm³/mol. The number of para-hydroxylation sites is 1. The van der Waals surface area contributed by atoms with Gasteiger partial charge in [-0.2, -0.15) is 0 Å². The quantitative estimate of drug-likeness (QED) is 0.136. The van der Waals surface area contributed by atoms with Gasteiger partial charge in [-0.25, -0.2) is 4.79 Å². The van der Waals surface area contributed by atoms with Crippen molar-refractivity contribution in [3.8, 4) is 0 Å². The van der Waals surface area contributed by atoms with Crippen molar-refractivity contribution in [3.05, 3.63) is 36.0 Å². The fourth-order valence-electron chi connectivity index (χ4n) is 4.02. The minimum Gasteiger partial charge on any atom is -0.481 e. The Balaban J connectivity index is 2.12. The number of carbonyl (C=O) groups excluding carboxylic acids is 3. The molecule has 9 N–H and O–H groups in total. The summed E-state index contributed by atoms with van der Waals surface area (Å²) in [5.41, 5.74) is 7.82. The first-order chi connectivity index (χ1) is 18.8. The molecule has 0 radical (unpaired) electrons. The Kier molecular flexibility index (Phi) is 11.6. The maximum atomic E-state index is 13.1. The number of nitrogens with one attached hydrogen (secondary N) is 4. The van der Waals surface area contributed by atoms with Crippen molar-refractivity contribution in [1.29, 1.82) is 0 Å². The molecule has 1 aromatic carbocycles. The molecule has 0 saturated heterocycles. The van der Waals surface area contributed by atoms with Crippen LogP contribution in [0.2, 0.25) is 0 Å². The molecule has 1 heterocycles. The number of H-pyrrole nitrogens is 1. The fourth-order valence-corrected chi connectivity index (χ4v) is 4.02. The number of hydrogen-bond acceptors (Lipinski definition) is 7. The summed E-state index contributed by atoms with van der Waals surface area (Å²) in [7, 11) is 0. The normalized spacial score (nSPS) is 14.1. The van der Waals surface area contributed by atoms with E-state index in [4.69, 9.17) is 15.9 Å². The molecule has 218 valence electrons. The van der Waals surface area contributed by atoms with E-state index in [1.807, 2.05) is 24.3 Å². The van der Waals surface area contributed by atoms with E-state index in [0.29, 0.717) is 0 Å². The third kappa shape index (κ3) is 9.38. The summed E-state index contributed by atoms with van der Waals surface area (Å²) in [5.74, 6) is -6.91. The molecule has 0 spiro atoms. The van der Waals surface area contributed by atoms with Gasteiger partial charge in [-0.1, -0.05) is 32.0 Å². The first-order valence-corrected chi connectivity index (χ1v) is 12.7. The highest BCUT2D eigenvalue weighted by Crippen LogP contribution is 2.19. The number of aromatic nitrogens is 1. The first-order valence-electron chi connectivity index (χ1n) is 12.7. The molecule has 2 rings (SSSR count). The smallest absolute Gasteiger partial charge is 0.326 e. The lowest BCUT2D eigenvalue weighted by Crippen LogP contribution is -2.58. The molecule has 0 aliphatic heterocycles. The minimum absolute atomic E-state index is 0.179. The van der Waals surface area contributed by atoms with Crippen LogP contribution in [0.4, 0.5) is 0 Å². The van der Waals surface area contributed by atoms with Gasteiger partial charge in [-0.15, -0.1) is 0 Å². The number of benzene rings is 1. The zero-order chi connectivity index (χ0) is 30.0. The minimum atomic E-state index is -1.57. The van der Waals surface area contributed by atoms with Crippen molar-refractivity contribution in [1.82, 2.24) is 20.9 Å². The number of hydrogen-bond donors (Lipinski definition) is 8. The average molecular weight is 562 g/mol. The Labute approximate surface area is 229 Å². The van der Waals surface area contributed by atoms with Crippen LogP contribution in [0.15, 0.2) is 30.5 Å². The van der Waals surface area contributed by atoms with E-state index >= 15 is 0 Å². The van der Waals surface area contributed by atoms with E-state index in [1.54, 1.807) is 20.0 Å². The maximum Gasteiger partial charge on any atom is 0.326 e. The molecule has 4 atom stereocenters. The van der Waals surface area contributed by atoms with Crippen LogP contribution >= 0.6 is 0 Å². The maximum absolute atomic E-state index is 13.1. The second kappa shape index (κ2) is 14.6. The summed E-state index contributed by atoms with van der Waals surface area (Å²) < 4.78 is 0. The first kappa shape index (κ1) is 31.8. The molecule has 0 bridgehead atoms. The number of amides is 3. The zero-order valence-electron chi connectivity index (χ0n) is 22.2. The topological polar surface area (TPSA) is 241 Å². The van der Waals surface area contributed by atoms with Gasteiger partial charge in [0.25, 0.3) is 0 Å². The Bertz CT molecular complexity index is 1240. The zero-order valence-corrected chi connectivity index (χ0v) is 22.2. The van der Waals surface area contributed by atoms with Gasteiger partial charge in [-0.05, 0) is 36.8 Å². The number of nitrogens with two attached hydrogens (primary N) is 1. The third-order valence-corrected chi connectivity index (χ3v) is 6.24. The molecular weight excluding hydrogens is 526 g/mol. The van der Waals surface area contributed by atoms with Gasteiger partial charge in [0.05, 0.1) is 6.04 Å². The van der Waals surface area contributed by atoms with Crippen molar-refractivity contribution in [2.45, 2.75) is 70.1 Å². The monoisotopic (exact) mass is 561 g/mol. The summed E-state index contributed by atoms with van der Waals surface area (Å²) in [6.45, 7) is 3.29. The van der Waals surface area contributed by atoms with Crippen LogP contribution in [0.5, 0.6) is 0 Å². The van der Waals surface area contributed by atoms with Gasteiger partial charge >= 0.3 is 17.9 Å². The van der Waals surface area contributed by atoms with Gasteiger partial charge in [0.2, 0.25) is 17.7 Å². The summed E-state index contributed by atoms with van der Waals surface area (Å²) >= 11 is 0. The lowest BCUT2D eigenvalue weighted by atomic mass is 10.00. The van der Waals surface area contributed by atoms with E-state index in [2.05, 4.69) is 20.9 Å². The molecule has 14 heteroatoms. The highest BCUT2D eigenvalue weighted by molar-refractivity contribution is 5.94. The van der Waals surface area contributed by atoms with Gasteiger partial charge < -0.3 is 42.0 Å². The molecular formula is C26H35N5O9. The number of carboxylic acids is 3. The Hall–Kier alpha value is -4.46. The van der Waals surface area contributed by atoms with Gasteiger partial charge in [0.15, 0.2) is 0 Å². The van der Waals surface area contributed by atoms with Crippen molar-refractivity contribution >= 4 is 46.5 Å². The van der Waals surface area contributed by atoms with E-state index < -0.39 is 85.0 Å². The molecule has 0 aliphatic carbocycles. The molecule has 0 saturated carbocycles. The van der Waals surface area contributed by atoms with E-state index in [-0.39, 0.29) is 12.8 Å². The van der Waals surface area contributed by atoms with Crippen molar-refractivity contribution in [2.24, 2.45) is 11.7 Å². The van der Waals surface area contributed by atoms with Crippen molar-refractivity contribution < 1.29 is 44.1 Å². The second-order valence-corrected chi connectivity index (χ2v) is 9.73. The Morgan fingerprint density at radius 1 is 0.825 bits per heavy atom. The van der Waals surface area contributed by atoms with Gasteiger partial charge in [0, 0.05) is 29.9 Å². The molecule has 0 aliphatic rings. The Morgan fingerprint density at radius 3 is 1.98 bits per heavy atom. The van der Waals surface area contributed by atoms with Crippen LogP contribution in [0.3, 0.4) is 0 Å². The summed E-state index contributed by atoms with van der Waals surface area (Å²) in [6, 6.07) is 2.29. The van der Waals surface area contributed by atoms with Crippen LogP contribution < -0.4 is 21.7 Å². The lowest BCUT2D eigenvalue weighted by Gasteiger charge is -2.27. The van der Waals surface area contributed by atoms with E-state index in [1.165, 1.54) is 0 Å². The van der Waals surface area contributed by atoms with Crippen LogP contribution in [-0.4, -0.2) is 80.1 Å². The van der Waals surface area contributed by atoms with Crippen LogP contribution in [0.1, 0.15) is 45.1 Å². The highest BCUT2D eigenvalue weighted by atomic mass is 16.4. The highest BCUT2D eigenvalue weighted by Gasteiger charge is 2.32. The molecule has 0 fully saturated rings. The Morgan fingerprint density at radius 2 is 1.40 bits per heavy atom. The molecule has 1 aromatic heterocycles. The molecule has 4 unspecified atom stereocenters. The molecule has 14 nitrogen and oxygen atoms in total. The van der Waals surface area contributed by atoms with Gasteiger partial charge in [-0.3, -0.25) is 24.0 Å². The average Bonchev–Trinajstić information content (AvgIpc) is 3.28. The molecule has 40 heavy (non-hydrogen) atoms. The standard InChI is InChI=1S/C26H35N5O9/c1-13(2)22(31-23(36)16(27)11-14-12-28-17-6-4-3-5-15(14)17)25(38)29-18(7-9-20(32)33)24(37)30-19(26(39)40)8-10-21(34)35/h3-6,12-13,16,18-19,22,28H,7-11,27H2,1-2H3,(H,29,38)(H,30,37)(H,31,36)(H,32,33)(H,34,35)(H,39,40). The third-order valence-electron chi connectivity index (χ3n) is 6.24. The summed E-state index contributed by atoms with van der Waals surface area (Å²) in [4.78, 5) is 75.4. The predicted octanol–water partition coefficient (Wildman–Crippen LogP) is -0.0377. The largest absolute Gasteiger partial charge is 0.481 e. The molecule has 2 aromatic rings. The van der Waals surface area contributed by atoms with Crippen molar-refractivity contribution in [2.75, 3.05) is 0 Å². The second-order valence-electron chi connectivity index (χ2n) is 9.73. The number of rotatable bonds is 16. The van der Waals surface area contributed by atoms with E-state index in [0.717, 1.165) is 16.5 Å². The number of aromatic amines is 1. The van der Waals surface area contributed by atoms with Gasteiger partial charge in [0.1, 0.15) is 18.1 Å². The summed E-state index contributed by atoms with van der Waals surface area (Å²) in [5, 5.41) is 35.2. The SMILES string of the molecule is CC(C)C(NC(=O)C(N)Cc1c[nH]c2ccccc12)C(=O)NC(CCC(=O)O)C(=O)NC(CCC(=O)O)C(=O)O. The number of aliphatic carboxylic acids is 3. The van der Waals surface area contributed by atoms with Crippen LogP contribution in [0.25, 0.3) is 10.9 Å². The number of fused-ring (bicyclic) bond motifs is 1. The van der Waals surface area contributed by atoms with E-state index in [9.17, 15) is 33.9 Å². The number of carboxylic acid groups (broad SMARTS) is 3. The number of carbonyl (C=O) groups is 6. The fraction of sp³-hybridized carbons (Fsp3) is 0.462. The van der Waals surface area contributed by atoms with Crippen LogP contribution in [-0.2, 0) is 35.2 Å². The van der Waals surface area contributed by atoms with Crippen molar-refractivity contribution in [3.63, 3.8) is 0 Å². The van der Waals surface area contributed by atoms with Crippen LogP contribution in [0, 0.1) is 5.92 Å². The molecule has 3 amide bonds.